The predicted octanol–water partition coefficient (Wildman–Crippen LogP) is 3.14. The number of aromatic nitrogens is 1. The van der Waals surface area contributed by atoms with E-state index in [1.54, 1.807) is 37.3 Å². The minimum atomic E-state index is -0.243. The fraction of sp³-hybridized carbons (Fsp3) is 0.0667. The van der Waals surface area contributed by atoms with Crippen molar-refractivity contribution >= 4 is 38.3 Å². The highest BCUT2D eigenvalue weighted by Gasteiger charge is 2.10. The normalized spacial score (nSPS) is 10.7. The average Bonchev–Trinajstić information content (AvgIpc) is 2.82. The van der Waals surface area contributed by atoms with Gasteiger partial charge in [-0.1, -0.05) is 17.4 Å². The van der Waals surface area contributed by atoms with Gasteiger partial charge in [0, 0.05) is 17.3 Å². The molecule has 3 aromatic rings. The van der Waals surface area contributed by atoms with Gasteiger partial charge in [-0.25, -0.2) is 4.98 Å². The van der Waals surface area contributed by atoms with Crippen LogP contribution in [0.5, 0.6) is 5.75 Å². The number of phenolic OH excluding ortho intramolecular Hbond substituents is 1. The minimum absolute atomic E-state index is 0.151. The second-order valence-electron chi connectivity index (χ2n) is 4.69. The number of amides is 1. The van der Waals surface area contributed by atoms with Crippen molar-refractivity contribution < 1.29 is 9.90 Å². The average molecular weight is 299 g/mol. The van der Waals surface area contributed by atoms with Crippen LogP contribution in [0, 0.1) is 6.92 Å². The van der Waals surface area contributed by atoms with Crippen molar-refractivity contribution in [1.29, 1.82) is 0 Å². The molecule has 1 amide bonds. The van der Waals surface area contributed by atoms with Gasteiger partial charge in [0.1, 0.15) is 5.75 Å². The third-order valence-electron chi connectivity index (χ3n) is 3.13. The third kappa shape index (κ3) is 2.66. The highest BCUT2D eigenvalue weighted by molar-refractivity contribution is 7.22. The molecule has 0 atom stereocenters. The number of nitrogens with one attached hydrogen (secondary N) is 1. The molecule has 0 aliphatic carbocycles. The number of aromatic hydroxyl groups is 1. The lowest BCUT2D eigenvalue weighted by Crippen LogP contribution is -2.11. The van der Waals surface area contributed by atoms with Gasteiger partial charge in [0.05, 0.1) is 10.2 Å². The summed E-state index contributed by atoms with van der Waals surface area (Å²) in [5.41, 5.74) is 8.26. The molecule has 1 aromatic heterocycles. The van der Waals surface area contributed by atoms with Crippen LogP contribution < -0.4 is 11.1 Å². The zero-order valence-corrected chi connectivity index (χ0v) is 12.1. The summed E-state index contributed by atoms with van der Waals surface area (Å²) in [4.78, 5) is 16.4. The molecule has 106 valence electrons. The van der Waals surface area contributed by atoms with Crippen molar-refractivity contribution in [3.8, 4) is 5.75 Å². The molecule has 3 rings (SSSR count). The maximum atomic E-state index is 12.2. The molecule has 5 nitrogen and oxygen atoms in total. The first-order valence-corrected chi connectivity index (χ1v) is 7.11. The second kappa shape index (κ2) is 5.06. The number of nitrogen functional groups attached to an aromatic ring is 1. The summed E-state index contributed by atoms with van der Waals surface area (Å²) in [7, 11) is 0. The molecule has 0 saturated heterocycles. The lowest BCUT2D eigenvalue weighted by Gasteiger charge is -2.07. The van der Waals surface area contributed by atoms with Crippen molar-refractivity contribution in [3.63, 3.8) is 0 Å². The third-order valence-corrected chi connectivity index (χ3v) is 3.98. The molecule has 0 fully saturated rings. The molecule has 21 heavy (non-hydrogen) atoms. The van der Waals surface area contributed by atoms with Gasteiger partial charge in [0.25, 0.3) is 5.91 Å². The quantitative estimate of drug-likeness (QED) is 0.678. The van der Waals surface area contributed by atoms with Gasteiger partial charge in [-0.15, -0.1) is 0 Å². The second-order valence-corrected chi connectivity index (χ2v) is 5.75. The number of aryl methyl sites for hydroxylation is 1. The standard InChI is InChI=1S/C15H13N3O2S/c1-8-2-4-10(7-12(8)19)17-14(20)9-3-5-11-13(6-9)21-15(16)18-11/h2-7,19H,1H3,(H2,16,18)(H,17,20). The predicted molar refractivity (Wildman–Crippen MR) is 84.8 cm³/mol. The molecule has 0 bridgehead atoms. The summed E-state index contributed by atoms with van der Waals surface area (Å²) in [5, 5.41) is 12.9. The van der Waals surface area contributed by atoms with Gasteiger partial charge < -0.3 is 16.2 Å². The number of fused-ring (bicyclic) bond motifs is 1. The van der Waals surface area contributed by atoms with Crippen LogP contribution in [0.15, 0.2) is 36.4 Å². The smallest absolute Gasteiger partial charge is 0.255 e. The SMILES string of the molecule is Cc1ccc(NC(=O)c2ccc3nc(N)sc3c2)cc1O. The Morgan fingerprint density at radius 1 is 1.29 bits per heavy atom. The van der Waals surface area contributed by atoms with Crippen LogP contribution >= 0.6 is 11.3 Å². The number of phenols is 1. The molecule has 0 saturated carbocycles. The number of hydrogen-bond donors (Lipinski definition) is 3. The number of nitrogens with zero attached hydrogens (tertiary/aromatic N) is 1. The van der Waals surface area contributed by atoms with Gasteiger partial charge in [-0.05, 0) is 36.8 Å². The molecule has 2 aromatic carbocycles. The van der Waals surface area contributed by atoms with Crippen LogP contribution in [0.2, 0.25) is 0 Å². The van der Waals surface area contributed by atoms with Crippen LogP contribution in [0.4, 0.5) is 10.8 Å². The molecule has 6 heteroatoms. The highest BCUT2D eigenvalue weighted by Crippen LogP contribution is 2.25. The van der Waals surface area contributed by atoms with Crippen LogP contribution in [0.3, 0.4) is 0 Å². The zero-order chi connectivity index (χ0) is 15.0. The molecule has 0 unspecified atom stereocenters. The van der Waals surface area contributed by atoms with Crippen LogP contribution in [-0.4, -0.2) is 16.0 Å². The van der Waals surface area contributed by atoms with E-state index in [1.165, 1.54) is 17.4 Å². The number of carbonyl (C=O) groups excluding carboxylic acids is 1. The Morgan fingerprint density at radius 3 is 2.86 bits per heavy atom. The number of thiazole rings is 1. The van der Waals surface area contributed by atoms with E-state index in [0.29, 0.717) is 16.4 Å². The first-order chi connectivity index (χ1) is 10.0. The van der Waals surface area contributed by atoms with E-state index in [1.807, 2.05) is 0 Å². The van der Waals surface area contributed by atoms with Gasteiger partial charge in [-0.2, -0.15) is 0 Å². The largest absolute Gasteiger partial charge is 0.508 e. The lowest BCUT2D eigenvalue weighted by atomic mass is 10.1. The molecule has 4 N–H and O–H groups in total. The summed E-state index contributed by atoms with van der Waals surface area (Å²) < 4.78 is 0.868. The van der Waals surface area contributed by atoms with E-state index in [2.05, 4.69) is 10.3 Å². The van der Waals surface area contributed by atoms with Gasteiger partial charge in [0.15, 0.2) is 5.13 Å². The number of hydrogen-bond acceptors (Lipinski definition) is 5. The molecule has 1 heterocycles. The van der Waals surface area contributed by atoms with E-state index >= 15 is 0 Å². The number of nitrogens with two attached hydrogens (primary N) is 1. The number of benzene rings is 2. The molecular weight excluding hydrogens is 286 g/mol. The van der Waals surface area contributed by atoms with E-state index in [9.17, 15) is 9.90 Å². The fourth-order valence-electron chi connectivity index (χ4n) is 1.97. The van der Waals surface area contributed by atoms with Crippen LogP contribution in [-0.2, 0) is 0 Å². The lowest BCUT2D eigenvalue weighted by molar-refractivity contribution is 0.102. The molecular formula is C15H13N3O2S. The number of rotatable bonds is 2. The Bertz CT molecular complexity index is 842. The fourth-order valence-corrected chi connectivity index (χ4v) is 2.75. The first kappa shape index (κ1) is 13.4. The van der Waals surface area contributed by atoms with E-state index in [0.717, 1.165) is 15.8 Å². The van der Waals surface area contributed by atoms with Crippen molar-refractivity contribution in [2.75, 3.05) is 11.1 Å². The van der Waals surface area contributed by atoms with E-state index < -0.39 is 0 Å². The Labute approximate surface area is 125 Å². The zero-order valence-electron chi connectivity index (χ0n) is 11.3. The van der Waals surface area contributed by atoms with Crippen molar-refractivity contribution in [3.05, 3.63) is 47.5 Å². The maximum Gasteiger partial charge on any atom is 0.255 e. The van der Waals surface area contributed by atoms with E-state index in [-0.39, 0.29) is 11.7 Å². The Kier molecular flexibility index (Phi) is 3.23. The Morgan fingerprint density at radius 2 is 2.10 bits per heavy atom. The highest BCUT2D eigenvalue weighted by atomic mass is 32.1. The summed E-state index contributed by atoms with van der Waals surface area (Å²) in [6, 6.07) is 10.2. The van der Waals surface area contributed by atoms with E-state index in [4.69, 9.17) is 5.73 Å². The molecule has 0 radical (unpaired) electrons. The first-order valence-electron chi connectivity index (χ1n) is 6.30. The van der Waals surface area contributed by atoms with Crippen LogP contribution in [0.25, 0.3) is 10.2 Å². The molecule has 0 aliphatic rings. The Balaban J connectivity index is 1.87. The van der Waals surface area contributed by atoms with Gasteiger partial charge >= 0.3 is 0 Å². The Hall–Kier alpha value is -2.60. The van der Waals surface area contributed by atoms with Crippen molar-refractivity contribution in [1.82, 2.24) is 4.98 Å². The summed E-state index contributed by atoms with van der Waals surface area (Å²) in [5.74, 6) is -0.0920. The number of carbonyl (C=O) groups is 1. The molecule has 0 aliphatic heterocycles. The van der Waals surface area contributed by atoms with Gasteiger partial charge in [-0.3, -0.25) is 4.79 Å². The van der Waals surface area contributed by atoms with Gasteiger partial charge in [0.2, 0.25) is 0 Å². The summed E-state index contributed by atoms with van der Waals surface area (Å²) in [6.07, 6.45) is 0. The topological polar surface area (TPSA) is 88.2 Å². The summed E-state index contributed by atoms with van der Waals surface area (Å²) >= 11 is 1.34. The summed E-state index contributed by atoms with van der Waals surface area (Å²) in [6.45, 7) is 1.79. The van der Waals surface area contributed by atoms with Crippen LogP contribution in [0.1, 0.15) is 15.9 Å². The maximum absolute atomic E-state index is 12.2. The van der Waals surface area contributed by atoms with Crippen molar-refractivity contribution in [2.45, 2.75) is 6.92 Å². The minimum Gasteiger partial charge on any atom is -0.508 e. The monoisotopic (exact) mass is 299 g/mol. The number of anilines is 2. The molecule has 0 spiro atoms. The van der Waals surface area contributed by atoms with Crippen molar-refractivity contribution in [2.24, 2.45) is 0 Å².